The average molecular weight is 1030 g/mol. The molecule has 0 aromatic rings. The van der Waals surface area contributed by atoms with Gasteiger partial charge < -0.3 is 38.2 Å². The Labute approximate surface area is 447 Å². The third kappa shape index (κ3) is 45.1. The van der Waals surface area contributed by atoms with Crippen LogP contribution in [0.25, 0.3) is 0 Å². The normalized spacial score (nSPS) is 13.7. The van der Waals surface area contributed by atoms with E-state index in [-0.39, 0.29) is 30.4 Å². The Kier molecular flexibility index (Phi) is 49.1. The van der Waals surface area contributed by atoms with Crippen molar-refractivity contribution in [1.82, 2.24) is 14.7 Å². The first-order valence-electron chi connectivity index (χ1n) is 29.9. The van der Waals surface area contributed by atoms with Crippen LogP contribution in [-0.2, 0) is 42.8 Å². The number of allylic oxidation sites excluding steroid dienone is 8. The summed E-state index contributed by atoms with van der Waals surface area (Å²) in [6, 6.07) is 0. The maximum Gasteiger partial charge on any atom is 0.305 e. The molecule has 12 heteroatoms. The van der Waals surface area contributed by atoms with Crippen molar-refractivity contribution in [2.24, 2.45) is 0 Å². The number of piperazine rings is 1. The summed E-state index contributed by atoms with van der Waals surface area (Å²) < 4.78 is 35.5. The smallest absolute Gasteiger partial charge is 0.305 e. The Bertz CT molecular complexity index is 1250. The first-order chi connectivity index (χ1) is 35.8. The third-order valence-corrected chi connectivity index (χ3v) is 13.0. The highest BCUT2D eigenvalue weighted by Crippen LogP contribution is 2.14. The molecule has 1 saturated heterocycles. The van der Waals surface area contributed by atoms with Gasteiger partial charge in [0.25, 0.3) is 0 Å². The molecule has 0 bridgehead atoms. The Morgan fingerprint density at radius 2 is 0.753 bits per heavy atom. The summed E-state index contributed by atoms with van der Waals surface area (Å²) in [5, 5.41) is 0. The van der Waals surface area contributed by atoms with E-state index in [0.717, 1.165) is 206 Å². The highest BCUT2D eigenvalue weighted by molar-refractivity contribution is 5.78. The minimum absolute atomic E-state index is 0.184. The van der Waals surface area contributed by atoms with E-state index in [0.29, 0.717) is 71.9 Å². The SMILES string of the molecule is CC/C=C\CCCCOC(CCC(=O)OCCCCCCCN(CCCCCCCOC(=O)CCC(OCCCC/C=C\CC)OCCCC/C=C\CC)CC(=O)N1CCN(C)CC1)OCCCC/C=C\CC. The molecule has 73 heavy (non-hydrogen) atoms. The zero-order chi connectivity index (χ0) is 52.9. The number of unbranched alkanes of at least 4 members (excludes halogenated alkanes) is 16. The summed E-state index contributed by atoms with van der Waals surface area (Å²) in [6.45, 7) is 17.8. The summed E-state index contributed by atoms with van der Waals surface area (Å²) in [5.74, 6) is -0.129. The molecule has 0 atom stereocenters. The van der Waals surface area contributed by atoms with Crippen LogP contribution >= 0.6 is 0 Å². The number of carbonyl (C=O) groups excluding carboxylic acids is 3. The molecular weight excluding hydrogens is 919 g/mol. The summed E-state index contributed by atoms with van der Waals surface area (Å²) in [4.78, 5) is 45.4. The van der Waals surface area contributed by atoms with E-state index in [2.05, 4.69) is 93.2 Å². The largest absolute Gasteiger partial charge is 0.466 e. The van der Waals surface area contributed by atoms with Crippen LogP contribution < -0.4 is 0 Å². The molecule has 1 aliphatic heterocycles. The Hall–Kier alpha value is -2.87. The zero-order valence-electron chi connectivity index (χ0n) is 47.7. The second kappa shape index (κ2) is 52.6. The molecule has 0 N–H and O–H groups in total. The number of nitrogens with zero attached hydrogens (tertiary/aromatic N) is 3. The van der Waals surface area contributed by atoms with Crippen molar-refractivity contribution in [3.05, 3.63) is 48.6 Å². The van der Waals surface area contributed by atoms with Crippen LogP contribution in [0.5, 0.6) is 0 Å². The lowest BCUT2D eigenvalue weighted by molar-refractivity contribution is -0.159. The number of esters is 2. The van der Waals surface area contributed by atoms with Crippen molar-refractivity contribution >= 4 is 17.8 Å². The van der Waals surface area contributed by atoms with E-state index in [4.69, 9.17) is 28.4 Å². The maximum absolute atomic E-state index is 13.4. The number of hydrogen-bond acceptors (Lipinski definition) is 11. The molecule has 12 nitrogen and oxygen atoms in total. The summed E-state index contributed by atoms with van der Waals surface area (Å²) in [5.41, 5.74) is 0. The molecule has 0 radical (unpaired) electrons. The van der Waals surface area contributed by atoms with E-state index in [1.165, 1.54) is 0 Å². The lowest BCUT2D eigenvalue weighted by Gasteiger charge is -2.34. The lowest BCUT2D eigenvalue weighted by Crippen LogP contribution is -2.50. The van der Waals surface area contributed by atoms with Gasteiger partial charge in [0.15, 0.2) is 12.6 Å². The van der Waals surface area contributed by atoms with Gasteiger partial charge in [0.1, 0.15) is 0 Å². The zero-order valence-corrected chi connectivity index (χ0v) is 47.7. The molecule has 1 amide bonds. The molecule has 0 spiro atoms. The number of rotatable bonds is 52. The molecule has 0 aliphatic carbocycles. The highest BCUT2D eigenvalue weighted by Gasteiger charge is 2.21. The molecule has 1 aliphatic rings. The van der Waals surface area contributed by atoms with Gasteiger partial charge in [-0.05, 0) is 149 Å². The molecule has 0 unspecified atom stereocenters. The fraction of sp³-hybridized carbons (Fsp3) is 0.820. The molecular formula is C61H111N3O9. The minimum atomic E-state index is -0.377. The van der Waals surface area contributed by atoms with Gasteiger partial charge >= 0.3 is 11.9 Å². The Morgan fingerprint density at radius 1 is 0.425 bits per heavy atom. The van der Waals surface area contributed by atoms with Crippen molar-refractivity contribution in [2.45, 2.75) is 233 Å². The number of carbonyl (C=O) groups is 3. The van der Waals surface area contributed by atoms with E-state index < -0.39 is 0 Å². The van der Waals surface area contributed by atoms with Gasteiger partial charge in [0, 0.05) is 65.4 Å². The molecule has 424 valence electrons. The van der Waals surface area contributed by atoms with Crippen LogP contribution in [0, 0.1) is 0 Å². The average Bonchev–Trinajstić information content (AvgIpc) is 3.39. The second-order valence-corrected chi connectivity index (χ2v) is 19.9. The molecule has 0 saturated carbocycles. The quantitative estimate of drug-likeness (QED) is 0.0251. The monoisotopic (exact) mass is 1030 g/mol. The van der Waals surface area contributed by atoms with Crippen LogP contribution in [0.3, 0.4) is 0 Å². The first-order valence-corrected chi connectivity index (χ1v) is 29.9. The molecule has 1 rings (SSSR count). The van der Waals surface area contributed by atoms with E-state index in [1.807, 2.05) is 4.90 Å². The lowest BCUT2D eigenvalue weighted by atomic mass is 10.1. The van der Waals surface area contributed by atoms with Gasteiger partial charge in [0.05, 0.1) is 32.6 Å². The number of amides is 1. The van der Waals surface area contributed by atoms with Crippen molar-refractivity contribution in [1.29, 1.82) is 0 Å². The molecule has 0 aromatic carbocycles. The molecule has 1 fully saturated rings. The van der Waals surface area contributed by atoms with Gasteiger partial charge in [-0.1, -0.05) is 115 Å². The van der Waals surface area contributed by atoms with Crippen LogP contribution in [-0.4, -0.2) is 138 Å². The van der Waals surface area contributed by atoms with Gasteiger partial charge in [-0.25, -0.2) is 0 Å². The molecule has 1 heterocycles. The third-order valence-electron chi connectivity index (χ3n) is 13.0. The minimum Gasteiger partial charge on any atom is -0.466 e. The van der Waals surface area contributed by atoms with Crippen LogP contribution in [0.4, 0.5) is 0 Å². The van der Waals surface area contributed by atoms with Crippen LogP contribution in [0.1, 0.15) is 220 Å². The Morgan fingerprint density at radius 3 is 1.11 bits per heavy atom. The van der Waals surface area contributed by atoms with E-state index in [1.54, 1.807) is 0 Å². The summed E-state index contributed by atoms with van der Waals surface area (Å²) >= 11 is 0. The first kappa shape index (κ1) is 68.1. The topological polar surface area (TPSA) is 116 Å². The maximum atomic E-state index is 13.4. The van der Waals surface area contributed by atoms with Crippen molar-refractivity contribution in [3.8, 4) is 0 Å². The van der Waals surface area contributed by atoms with Crippen molar-refractivity contribution < 1.29 is 42.8 Å². The molecule has 0 aromatic heterocycles. The van der Waals surface area contributed by atoms with Gasteiger partial charge in [-0.2, -0.15) is 0 Å². The van der Waals surface area contributed by atoms with Gasteiger partial charge in [-0.3, -0.25) is 19.3 Å². The number of ether oxygens (including phenoxy) is 6. The van der Waals surface area contributed by atoms with Gasteiger partial charge in [-0.15, -0.1) is 0 Å². The standard InChI is InChI=1S/C61H111N3O9/c1-6-10-14-18-26-36-52-70-60(71-53-37-27-19-15-11-7-2)42-40-58(66)68-50-34-30-22-24-32-44-63(56-57(65)64-48-46-62(5)47-49-64)45-33-25-23-31-35-51-69-59(67)41-43-61(72-54-38-28-20-16-12-8-3)73-55-39-29-21-17-13-9-4/h10-17,60-61H,6-9,18-56H2,1-5H3/b14-10-,15-11-,16-12-,17-13-. The van der Waals surface area contributed by atoms with Crippen LogP contribution in [0.15, 0.2) is 48.6 Å². The van der Waals surface area contributed by atoms with E-state index >= 15 is 0 Å². The van der Waals surface area contributed by atoms with Crippen molar-refractivity contribution in [3.63, 3.8) is 0 Å². The fourth-order valence-corrected chi connectivity index (χ4v) is 8.42. The van der Waals surface area contributed by atoms with Gasteiger partial charge in [0.2, 0.25) is 5.91 Å². The van der Waals surface area contributed by atoms with Crippen molar-refractivity contribution in [2.75, 3.05) is 92.5 Å². The summed E-state index contributed by atoms with van der Waals surface area (Å²) in [6.07, 6.45) is 45.5. The fourth-order valence-electron chi connectivity index (χ4n) is 8.42. The van der Waals surface area contributed by atoms with E-state index in [9.17, 15) is 14.4 Å². The van der Waals surface area contributed by atoms with Crippen LogP contribution in [0.2, 0.25) is 0 Å². The second-order valence-electron chi connectivity index (χ2n) is 19.9. The summed E-state index contributed by atoms with van der Waals surface area (Å²) in [7, 11) is 2.12. The highest BCUT2D eigenvalue weighted by atomic mass is 16.7. The number of likely N-dealkylation sites (N-methyl/N-ethyl adjacent to an activating group) is 1. The predicted octanol–water partition coefficient (Wildman–Crippen LogP) is 13.9. The predicted molar refractivity (Wildman–Crippen MR) is 302 cm³/mol. The number of hydrogen-bond donors (Lipinski definition) is 0. The Balaban J connectivity index is 2.40.